The molecular formula is C25H30N4O4. The maximum Gasteiger partial charge on any atom is 0.321 e. The average molecular weight is 451 g/mol. The smallest absolute Gasteiger partial charge is 0.321 e. The van der Waals surface area contributed by atoms with Gasteiger partial charge in [-0.15, -0.1) is 0 Å². The minimum atomic E-state index is -1.01. The van der Waals surface area contributed by atoms with Gasteiger partial charge in [0.1, 0.15) is 11.8 Å². The van der Waals surface area contributed by atoms with E-state index < -0.39 is 17.9 Å². The monoisotopic (exact) mass is 450 g/mol. The van der Waals surface area contributed by atoms with Gasteiger partial charge in [0, 0.05) is 37.9 Å². The predicted octanol–water partition coefficient (Wildman–Crippen LogP) is 2.53. The summed E-state index contributed by atoms with van der Waals surface area (Å²) in [5.74, 6) is -0.594. The highest BCUT2D eigenvalue weighted by molar-refractivity contribution is 6.08. The second kappa shape index (κ2) is 9.94. The molecule has 1 fully saturated rings. The minimum Gasteiger partial charge on any atom is -0.497 e. The lowest BCUT2D eigenvalue weighted by molar-refractivity contribution is -0.153. The van der Waals surface area contributed by atoms with Crippen LogP contribution in [0.2, 0.25) is 0 Å². The molecule has 2 aromatic rings. The van der Waals surface area contributed by atoms with Gasteiger partial charge in [-0.05, 0) is 31.5 Å². The maximum atomic E-state index is 13.0. The molecule has 0 spiro atoms. The molecule has 1 saturated heterocycles. The zero-order valence-electron chi connectivity index (χ0n) is 19.3. The van der Waals surface area contributed by atoms with Crippen LogP contribution in [0.25, 0.3) is 0 Å². The SMILES string of the molecule is CCOC(=O)[C@H]1C(=O)NC(N2CCN(c3cccc(OC)c3)CC2)=N[C@@H]1c1cccc(C)c1. The number of aliphatic imine (C=N–C) groups is 1. The van der Waals surface area contributed by atoms with Gasteiger partial charge in [0.25, 0.3) is 0 Å². The van der Waals surface area contributed by atoms with Gasteiger partial charge in [0.05, 0.1) is 13.7 Å². The lowest BCUT2D eigenvalue weighted by Crippen LogP contribution is -2.57. The second-order valence-corrected chi connectivity index (χ2v) is 8.21. The van der Waals surface area contributed by atoms with Gasteiger partial charge < -0.3 is 19.3 Å². The first-order valence-electron chi connectivity index (χ1n) is 11.3. The third-order valence-corrected chi connectivity index (χ3v) is 6.02. The van der Waals surface area contributed by atoms with Gasteiger partial charge in [0.15, 0.2) is 5.92 Å². The summed E-state index contributed by atoms with van der Waals surface area (Å²) in [6.45, 7) is 6.87. The van der Waals surface area contributed by atoms with Gasteiger partial charge in [0.2, 0.25) is 11.9 Å². The van der Waals surface area contributed by atoms with E-state index in [1.165, 1.54) is 0 Å². The molecule has 0 aromatic heterocycles. The van der Waals surface area contributed by atoms with Crippen molar-refractivity contribution in [3.05, 3.63) is 59.7 Å². The van der Waals surface area contributed by atoms with E-state index >= 15 is 0 Å². The number of guanidine groups is 1. The number of carbonyl (C=O) groups excluding carboxylic acids is 2. The Kier molecular flexibility index (Phi) is 6.82. The molecule has 0 saturated carbocycles. The number of esters is 1. The number of benzene rings is 2. The number of aryl methyl sites for hydroxylation is 1. The molecule has 33 heavy (non-hydrogen) atoms. The van der Waals surface area contributed by atoms with Crippen LogP contribution in [0.15, 0.2) is 53.5 Å². The molecule has 1 amide bonds. The number of carbonyl (C=O) groups is 2. The summed E-state index contributed by atoms with van der Waals surface area (Å²) in [7, 11) is 1.66. The molecule has 0 bridgehead atoms. The quantitative estimate of drug-likeness (QED) is 0.557. The Bertz CT molecular complexity index is 1050. The van der Waals surface area contributed by atoms with Gasteiger partial charge in [-0.3, -0.25) is 14.9 Å². The van der Waals surface area contributed by atoms with Crippen molar-refractivity contribution in [1.29, 1.82) is 0 Å². The zero-order valence-corrected chi connectivity index (χ0v) is 19.3. The van der Waals surface area contributed by atoms with Crippen LogP contribution in [-0.4, -0.2) is 62.6 Å². The van der Waals surface area contributed by atoms with Crippen molar-refractivity contribution in [1.82, 2.24) is 10.2 Å². The molecule has 2 aliphatic heterocycles. The normalized spacial score (nSPS) is 20.7. The van der Waals surface area contributed by atoms with Gasteiger partial charge in [-0.25, -0.2) is 4.99 Å². The summed E-state index contributed by atoms with van der Waals surface area (Å²) < 4.78 is 10.5. The summed E-state index contributed by atoms with van der Waals surface area (Å²) in [6, 6.07) is 15.1. The summed E-state index contributed by atoms with van der Waals surface area (Å²) in [4.78, 5) is 34.9. The van der Waals surface area contributed by atoms with Gasteiger partial charge in [-0.1, -0.05) is 35.9 Å². The first-order valence-corrected chi connectivity index (χ1v) is 11.3. The Balaban J connectivity index is 1.55. The van der Waals surface area contributed by atoms with E-state index in [0.717, 1.165) is 35.7 Å². The molecule has 0 unspecified atom stereocenters. The van der Waals surface area contributed by atoms with Crippen LogP contribution >= 0.6 is 0 Å². The fourth-order valence-electron chi connectivity index (χ4n) is 4.30. The Morgan fingerprint density at radius 2 is 1.82 bits per heavy atom. The molecule has 174 valence electrons. The highest BCUT2D eigenvalue weighted by Gasteiger charge is 2.42. The summed E-state index contributed by atoms with van der Waals surface area (Å²) >= 11 is 0. The predicted molar refractivity (Wildman–Crippen MR) is 126 cm³/mol. The Hall–Kier alpha value is -3.55. The number of nitrogens with one attached hydrogen (secondary N) is 1. The fraction of sp³-hybridized carbons (Fsp3) is 0.400. The third-order valence-electron chi connectivity index (χ3n) is 6.02. The molecular weight excluding hydrogens is 420 g/mol. The van der Waals surface area contributed by atoms with E-state index in [1.807, 2.05) is 49.4 Å². The number of hydrogen-bond acceptors (Lipinski definition) is 7. The van der Waals surface area contributed by atoms with E-state index in [-0.39, 0.29) is 12.5 Å². The summed E-state index contributed by atoms with van der Waals surface area (Å²) in [5.41, 5.74) is 2.98. The average Bonchev–Trinajstić information content (AvgIpc) is 2.83. The van der Waals surface area contributed by atoms with Crippen LogP contribution in [0.5, 0.6) is 5.75 Å². The van der Waals surface area contributed by atoms with Gasteiger partial charge >= 0.3 is 5.97 Å². The van der Waals surface area contributed by atoms with Crippen molar-refractivity contribution >= 4 is 23.5 Å². The highest BCUT2D eigenvalue weighted by Crippen LogP contribution is 2.31. The lowest BCUT2D eigenvalue weighted by Gasteiger charge is -2.39. The minimum absolute atomic E-state index is 0.214. The molecule has 2 aliphatic rings. The Morgan fingerprint density at radius 3 is 2.52 bits per heavy atom. The van der Waals surface area contributed by atoms with Crippen molar-refractivity contribution in [2.75, 3.05) is 44.8 Å². The molecule has 1 N–H and O–H groups in total. The van der Waals surface area contributed by atoms with Crippen LogP contribution in [0, 0.1) is 12.8 Å². The van der Waals surface area contributed by atoms with Crippen molar-refractivity contribution in [3.63, 3.8) is 0 Å². The van der Waals surface area contributed by atoms with Crippen LogP contribution < -0.4 is 15.0 Å². The van der Waals surface area contributed by atoms with Crippen LogP contribution in [0.3, 0.4) is 0 Å². The molecule has 2 atom stereocenters. The number of nitrogens with zero attached hydrogens (tertiary/aromatic N) is 3. The van der Waals surface area contributed by atoms with Crippen molar-refractivity contribution in [3.8, 4) is 5.75 Å². The zero-order chi connectivity index (χ0) is 23.4. The molecule has 2 aromatic carbocycles. The highest BCUT2D eigenvalue weighted by atomic mass is 16.5. The number of ether oxygens (including phenoxy) is 2. The van der Waals surface area contributed by atoms with Crippen LogP contribution in [0.1, 0.15) is 24.1 Å². The van der Waals surface area contributed by atoms with E-state index in [2.05, 4.69) is 21.2 Å². The number of hydrogen-bond donors (Lipinski definition) is 1. The number of anilines is 1. The first kappa shape index (κ1) is 22.6. The molecule has 4 rings (SSSR count). The molecule has 0 radical (unpaired) electrons. The fourth-order valence-corrected chi connectivity index (χ4v) is 4.30. The van der Waals surface area contributed by atoms with E-state index in [1.54, 1.807) is 14.0 Å². The number of amides is 1. The van der Waals surface area contributed by atoms with Crippen molar-refractivity contribution in [2.45, 2.75) is 19.9 Å². The van der Waals surface area contributed by atoms with E-state index in [9.17, 15) is 9.59 Å². The Labute approximate surface area is 194 Å². The largest absolute Gasteiger partial charge is 0.497 e. The first-order chi connectivity index (χ1) is 16.0. The standard InChI is InChI=1S/C25H30N4O4/c1-4-33-24(31)21-22(18-8-5-7-17(2)15-18)26-25(27-23(21)30)29-13-11-28(12-14-29)19-9-6-10-20(16-19)32-3/h5-10,15-16,21-22H,4,11-14H2,1-3H3,(H,26,27,30)/t21-,22-/m1/s1. The number of methoxy groups -OCH3 is 1. The van der Waals surface area contributed by atoms with Crippen LogP contribution in [0.4, 0.5) is 5.69 Å². The molecule has 8 nitrogen and oxygen atoms in total. The lowest BCUT2D eigenvalue weighted by atomic mass is 9.90. The molecule has 0 aliphatic carbocycles. The van der Waals surface area contributed by atoms with Crippen molar-refractivity contribution in [2.24, 2.45) is 10.9 Å². The van der Waals surface area contributed by atoms with Crippen LogP contribution in [-0.2, 0) is 14.3 Å². The second-order valence-electron chi connectivity index (χ2n) is 8.21. The van der Waals surface area contributed by atoms with Gasteiger partial charge in [-0.2, -0.15) is 0 Å². The topological polar surface area (TPSA) is 83.5 Å². The third kappa shape index (κ3) is 4.94. The summed E-state index contributed by atoms with van der Waals surface area (Å²) in [5, 5.41) is 2.86. The van der Waals surface area contributed by atoms with E-state index in [0.29, 0.717) is 19.0 Å². The summed E-state index contributed by atoms with van der Waals surface area (Å²) in [6.07, 6.45) is 0. The van der Waals surface area contributed by atoms with Crippen molar-refractivity contribution < 1.29 is 19.1 Å². The van der Waals surface area contributed by atoms with E-state index in [4.69, 9.17) is 14.5 Å². The maximum absolute atomic E-state index is 13.0. The number of rotatable bonds is 5. The number of piperazine rings is 1. The molecule has 2 heterocycles. The molecule has 8 heteroatoms. The Morgan fingerprint density at radius 1 is 1.09 bits per heavy atom.